The SMILES string of the molecule is COC(=O)/C=C(/C(=O)OC)N1CCc2c([nH]c3ccccc23)C1(CC(=O)OC)C(=O)OC. The van der Waals surface area contributed by atoms with Gasteiger partial charge in [0.1, 0.15) is 5.70 Å². The number of rotatable bonds is 6. The first kappa shape index (κ1) is 22.9. The van der Waals surface area contributed by atoms with Gasteiger partial charge in [0.2, 0.25) is 0 Å². The molecule has 10 heteroatoms. The Bertz CT molecular complexity index is 1100. The summed E-state index contributed by atoms with van der Waals surface area (Å²) >= 11 is 0. The zero-order valence-electron chi connectivity index (χ0n) is 18.2. The Balaban J connectivity index is 2.36. The molecular formula is C22H24N2O8. The zero-order valence-corrected chi connectivity index (χ0v) is 18.2. The van der Waals surface area contributed by atoms with Crippen molar-refractivity contribution in [1.29, 1.82) is 0 Å². The maximum atomic E-state index is 13.4. The van der Waals surface area contributed by atoms with Crippen LogP contribution in [0.25, 0.3) is 10.9 Å². The number of esters is 4. The van der Waals surface area contributed by atoms with Gasteiger partial charge >= 0.3 is 23.9 Å². The molecule has 2 heterocycles. The van der Waals surface area contributed by atoms with Gasteiger partial charge in [0.15, 0.2) is 5.54 Å². The highest BCUT2D eigenvalue weighted by atomic mass is 16.5. The molecule has 170 valence electrons. The topological polar surface area (TPSA) is 124 Å². The van der Waals surface area contributed by atoms with E-state index in [-0.39, 0.29) is 12.2 Å². The van der Waals surface area contributed by atoms with Crippen molar-refractivity contribution in [3.05, 3.63) is 47.3 Å². The van der Waals surface area contributed by atoms with Gasteiger partial charge in [-0.25, -0.2) is 14.4 Å². The molecule has 1 unspecified atom stereocenters. The number of aromatic amines is 1. The van der Waals surface area contributed by atoms with Crippen molar-refractivity contribution in [2.45, 2.75) is 18.4 Å². The number of ether oxygens (including phenoxy) is 4. The zero-order chi connectivity index (χ0) is 23.5. The number of carbonyl (C=O) groups excluding carboxylic acids is 4. The summed E-state index contributed by atoms with van der Waals surface area (Å²) < 4.78 is 19.5. The molecule has 1 aliphatic rings. The molecule has 0 amide bonds. The van der Waals surface area contributed by atoms with Gasteiger partial charge in [-0.05, 0) is 18.1 Å². The number of para-hydroxylation sites is 1. The number of H-pyrrole nitrogens is 1. The summed E-state index contributed by atoms with van der Waals surface area (Å²) in [6, 6.07) is 7.43. The molecule has 0 aliphatic carbocycles. The van der Waals surface area contributed by atoms with E-state index in [4.69, 9.17) is 14.2 Å². The molecule has 0 bridgehead atoms. The second kappa shape index (κ2) is 9.13. The molecule has 1 atom stereocenters. The van der Waals surface area contributed by atoms with Crippen molar-refractivity contribution >= 4 is 34.8 Å². The third kappa shape index (κ3) is 3.68. The van der Waals surface area contributed by atoms with Crippen LogP contribution in [0.1, 0.15) is 17.7 Å². The number of nitrogens with zero attached hydrogens (tertiary/aromatic N) is 1. The molecule has 3 rings (SSSR count). The summed E-state index contributed by atoms with van der Waals surface area (Å²) in [5.41, 5.74) is -0.148. The van der Waals surface area contributed by atoms with E-state index >= 15 is 0 Å². The van der Waals surface area contributed by atoms with Crippen LogP contribution in [0.2, 0.25) is 0 Å². The lowest BCUT2D eigenvalue weighted by Crippen LogP contribution is -2.58. The second-order valence-corrected chi connectivity index (χ2v) is 7.07. The first-order valence-corrected chi connectivity index (χ1v) is 9.74. The molecule has 0 radical (unpaired) electrons. The smallest absolute Gasteiger partial charge is 0.354 e. The standard InChI is InChI=1S/C22H24N2O8/c1-29-17(25)11-16(20(27)31-3)24-10-9-14-13-7-5-6-8-15(13)23-19(14)22(24,21(28)32-4)12-18(26)30-2/h5-8,11,23H,9-10,12H2,1-4H3/b16-11-. The normalized spacial score (nSPS) is 18.0. The maximum Gasteiger partial charge on any atom is 0.354 e. The molecule has 1 aliphatic heterocycles. The number of benzene rings is 1. The van der Waals surface area contributed by atoms with Crippen LogP contribution in [0.3, 0.4) is 0 Å². The third-order valence-corrected chi connectivity index (χ3v) is 5.57. The number of methoxy groups -OCH3 is 4. The summed E-state index contributed by atoms with van der Waals surface area (Å²) in [5.74, 6) is -3.23. The van der Waals surface area contributed by atoms with E-state index in [1.165, 1.54) is 19.1 Å². The summed E-state index contributed by atoms with van der Waals surface area (Å²) in [5, 5.41) is 0.872. The number of fused-ring (bicyclic) bond motifs is 3. The lowest BCUT2D eigenvalue weighted by atomic mass is 9.81. The largest absolute Gasteiger partial charge is 0.469 e. The first-order chi connectivity index (χ1) is 15.3. The molecule has 1 aromatic carbocycles. The van der Waals surface area contributed by atoms with Gasteiger partial charge in [-0.1, -0.05) is 18.2 Å². The number of hydrogen-bond donors (Lipinski definition) is 1. The van der Waals surface area contributed by atoms with E-state index in [0.717, 1.165) is 36.8 Å². The molecule has 0 saturated heterocycles. The maximum absolute atomic E-state index is 13.4. The van der Waals surface area contributed by atoms with Gasteiger partial charge in [-0.2, -0.15) is 0 Å². The summed E-state index contributed by atoms with van der Waals surface area (Å²) in [4.78, 5) is 55.2. The molecular weight excluding hydrogens is 420 g/mol. The molecule has 0 spiro atoms. The van der Waals surface area contributed by atoms with E-state index in [1.807, 2.05) is 24.3 Å². The predicted molar refractivity (Wildman–Crippen MR) is 111 cm³/mol. The van der Waals surface area contributed by atoms with Gasteiger partial charge in [-0.15, -0.1) is 0 Å². The minimum absolute atomic E-state index is 0.110. The molecule has 1 aromatic heterocycles. The van der Waals surface area contributed by atoms with Gasteiger partial charge < -0.3 is 28.8 Å². The number of aromatic nitrogens is 1. The highest BCUT2D eigenvalue weighted by Crippen LogP contribution is 2.44. The second-order valence-electron chi connectivity index (χ2n) is 7.07. The monoisotopic (exact) mass is 444 g/mol. The van der Waals surface area contributed by atoms with Crippen LogP contribution in [0.4, 0.5) is 0 Å². The Hall–Kier alpha value is -3.82. The third-order valence-electron chi connectivity index (χ3n) is 5.57. The fourth-order valence-electron chi connectivity index (χ4n) is 4.13. The Morgan fingerprint density at radius 2 is 1.75 bits per heavy atom. The average Bonchev–Trinajstić information content (AvgIpc) is 3.21. The summed E-state index contributed by atoms with van der Waals surface area (Å²) in [6.07, 6.45) is 0.856. The average molecular weight is 444 g/mol. The number of carbonyl (C=O) groups is 4. The molecule has 32 heavy (non-hydrogen) atoms. The van der Waals surface area contributed by atoms with Crippen molar-refractivity contribution in [2.75, 3.05) is 35.0 Å². The van der Waals surface area contributed by atoms with Gasteiger partial charge in [0.05, 0.1) is 46.6 Å². The van der Waals surface area contributed by atoms with Crippen molar-refractivity contribution in [3.8, 4) is 0 Å². The van der Waals surface area contributed by atoms with Gasteiger partial charge in [0, 0.05) is 17.4 Å². The summed E-state index contributed by atoms with van der Waals surface area (Å²) in [6.45, 7) is 0.110. The minimum atomic E-state index is -1.82. The summed E-state index contributed by atoms with van der Waals surface area (Å²) in [7, 11) is 4.67. The molecule has 2 aromatic rings. The van der Waals surface area contributed by atoms with Crippen molar-refractivity contribution in [2.24, 2.45) is 0 Å². The highest BCUT2D eigenvalue weighted by Gasteiger charge is 2.55. The molecule has 1 N–H and O–H groups in total. The van der Waals surface area contributed by atoms with Crippen molar-refractivity contribution in [3.63, 3.8) is 0 Å². The quantitative estimate of drug-likeness (QED) is 0.397. The van der Waals surface area contributed by atoms with Crippen LogP contribution >= 0.6 is 0 Å². The van der Waals surface area contributed by atoms with Gasteiger partial charge in [-0.3, -0.25) is 4.79 Å². The van der Waals surface area contributed by atoms with E-state index in [2.05, 4.69) is 9.72 Å². The Morgan fingerprint density at radius 3 is 2.38 bits per heavy atom. The fourth-order valence-corrected chi connectivity index (χ4v) is 4.13. The van der Waals surface area contributed by atoms with E-state index in [0.29, 0.717) is 12.1 Å². The van der Waals surface area contributed by atoms with Gasteiger partial charge in [0.25, 0.3) is 0 Å². The van der Waals surface area contributed by atoms with Crippen LogP contribution in [-0.2, 0) is 50.1 Å². The lowest BCUT2D eigenvalue weighted by molar-refractivity contribution is -0.164. The molecule has 10 nitrogen and oxygen atoms in total. The van der Waals surface area contributed by atoms with Crippen LogP contribution < -0.4 is 0 Å². The minimum Gasteiger partial charge on any atom is -0.469 e. The molecule has 0 fully saturated rings. The number of nitrogens with one attached hydrogen (secondary N) is 1. The van der Waals surface area contributed by atoms with Crippen LogP contribution in [0.5, 0.6) is 0 Å². The van der Waals surface area contributed by atoms with E-state index in [9.17, 15) is 19.2 Å². The Morgan fingerprint density at radius 1 is 1.03 bits per heavy atom. The fraction of sp³-hybridized carbons (Fsp3) is 0.364. The first-order valence-electron chi connectivity index (χ1n) is 9.74. The number of hydrogen-bond acceptors (Lipinski definition) is 9. The van der Waals surface area contributed by atoms with E-state index < -0.39 is 35.8 Å². The highest BCUT2D eigenvalue weighted by molar-refractivity contribution is 5.99. The van der Waals surface area contributed by atoms with Crippen LogP contribution in [-0.4, -0.2) is 68.7 Å². The molecule has 0 saturated carbocycles. The van der Waals surface area contributed by atoms with Crippen LogP contribution in [0.15, 0.2) is 36.0 Å². The van der Waals surface area contributed by atoms with E-state index in [1.54, 1.807) is 0 Å². The van der Waals surface area contributed by atoms with Crippen LogP contribution in [0, 0.1) is 0 Å². The van der Waals surface area contributed by atoms with Crippen molar-refractivity contribution < 1.29 is 38.1 Å². The lowest BCUT2D eigenvalue weighted by Gasteiger charge is -2.45. The Labute approximate surface area is 184 Å². The predicted octanol–water partition coefficient (Wildman–Crippen LogP) is 1.19. The Kier molecular flexibility index (Phi) is 6.52. The van der Waals surface area contributed by atoms with Crippen molar-refractivity contribution in [1.82, 2.24) is 9.88 Å².